The first-order chi connectivity index (χ1) is 10.1. The molecule has 0 saturated carbocycles. The average molecular weight is 297 g/mol. The van der Waals surface area contributed by atoms with Crippen molar-refractivity contribution in [2.45, 2.75) is 19.8 Å². The molecule has 0 N–H and O–H groups in total. The third-order valence-electron chi connectivity index (χ3n) is 4.34. The number of hydrogen-bond acceptors (Lipinski definition) is 5. The topological polar surface area (TPSA) is 53.1 Å². The molecule has 2 aliphatic heterocycles. The van der Waals surface area contributed by atoms with Crippen molar-refractivity contribution in [3.8, 4) is 0 Å². The summed E-state index contributed by atoms with van der Waals surface area (Å²) in [6.07, 6.45) is 1.83. The van der Waals surface area contributed by atoms with Gasteiger partial charge < -0.3 is 14.5 Å². The highest BCUT2D eigenvalue weighted by molar-refractivity contribution is 5.78. The van der Waals surface area contributed by atoms with Gasteiger partial charge in [0.15, 0.2) is 0 Å². The molecule has 0 radical (unpaired) electrons. The number of carbonyl (C=O) groups is 2. The van der Waals surface area contributed by atoms with Crippen molar-refractivity contribution in [1.82, 2.24) is 14.7 Å². The van der Waals surface area contributed by atoms with Gasteiger partial charge in [0.1, 0.15) is 0 Å². The Morgan fingerprint density at radius 1 is 1.14 bits per heavy atom. The lowest BCUT2D eigenvalue weighted by molar-refractivity contribution is -0.150. The minimum absolute atomic E-state index is 0.0704. The van der Waals surface area contributed by atoms with E-state index in [1.54, 1.807) is 0 Å². The summed E-state index contributed by atoms with van der Waals surface area (Å²) in [7, 11) is 2.08. The van der Waals surface area contributed by atoms with Crippen LogP contribution in [0.1, 0.15) is 19.8 Å². The standard InChI is InChI=1S/C15H27N3O3/c1-3-21-15(20)13-5-4-6-17(11-13)12-14(19)18-9-7-16(2)8-10-18/h13H,3-12H2,1-2H3/t13-/m1/s1. The molecule has 0 aromatic carbocycles. The second-order valence-electron chi connectivity index (χ2n) is 6.01. The Labute approximate surface area is 127 Å². The number of carbonyl (C=O) groups excluding carboxylic acids is 2. The Morgan fingerprint density at radius 2 is 1.86 bits per heavy atom. The van der Waals surface area contributed by atoms with Crippen LogP contribution in [0.3, 0.4) is 0 Å². The Bertz CT molecular complexity index is 367. The Balaban J connectivity index is 1.79. The van der Waals surface area contributed by atoms with E-state index in [4.69, 9.17) is 4.74 Å². The van der Waals surface area contributed by atoms with Gasteiger partial charge in [0.05, 0.1) is 19.1 Å². The van der Waals surface area contributed by atoms with E-state index in [1.165, 1.54) is 0 Å². The number of likely N-dealkylation sites (tertiary alicyclic amines) is 1. The van der Waals surface area contributed by atoms with Gasteiger partial charge in [-0.05, 0) is 33.4 Å². The Morgan fingerprint density at radius 3 is 2.52 bits per heavy atom. The maximum absolute atomic E-state index is 12.3. The fourth-order valence-electron chi connectivity index (χ4n) is 3.00. The van der Waals surface area contributed by atoms with Crippen molar-refractivity contribution in [2.75, 3.05) is 59.5 Å². The van der Waals surface area contributed by atoms with Crippen LogP contribution in [0.25, 0.3) is 0 Å². The Hall–Kier alpha value is -1.14. The molecule has 0 aliphatic carbocycles. The molecule has 0 unspecified atom stereocenters. The number of hydrogen-bond donors (Lipinski definition) is 0. The van der Waals surface area contributed by atoms with Crippen LogP contribution in [0.15, 0.2) is 0 Å². The van der Waals surface area contributed by atoms with Gasteiger partial charge in [0.25, 0.3) is 0 Å². The van der Waals surface area contributed by atoms with Gasteiger partial charge in [-0.2, -0.15) is 0 Å². The molecule has 2 rings (SSSR count). The monoisotopic (exact) mass is 297 g/mol. The summed E-state index contributed by atoms with van der Waals surface area (Å²) < 4.78 is 5.10. The highest BCUT2D eigenvalue weighted by atomic mass is 16.5. The molecule has 0 aromatic rings. The quantitative estimate of drug-likeness (QED) is 0.686. The molecule has 6 heteroatoms. The maximum atomic E-state index is 12.3. The van der Waals surface area contributed by atoms with Crippen LogP contribution in [0.5, 0.6) is 0 Å². The lowest BCUT2D eigenvalue weighted by atomic mass is 9.98. The van der Waals surface area contributed by atoms with Gasteiger partial charge in [-0.15, -0.1) is 0 Å². The van der Waals surface area contributed by atoms with Crippen LogP contribution in [-0.2, 0) is 14.3 Å². The van der Waals surface area contributed by atoms with Gasteiger partial charge in [0, 0.05) is 32.7 Å². The van der Waals surface area contributed by atoms with Gasteiger partial charge in [-0.25, -0.2) is 0 Å². The number of piperidine rings is 1. The van der Waals surface area contributed by atoms with Gasteiger partial charge in [-0.3, -0.25) is 14.5 Å². The molecule has 0 aromatic heterocycles. The van der Waals surface area contributed by atoms with E-state index in [9.17, 15) is 9.59 Å². The third-order valence-corrected chi connectivity index (χ3v) is 4.34. The number of rotatable bonds is 4. The molecular weight excluding hydrogens is 270 g/mol. The number of esters is 1. The largest absolute Gasteiger partial charge is 0.466 e. The second kappa shape index (κ2) is 7.75. The number of piperazine rings is 1. The predicted octanol–water partition coefficient (Wildman–Crippen LogP) is 0.0355. The van der Waals surface area contributed by atoms with Crippen LogP contribution in [0.2, 0.25) is 0 Å². The van der Waals surface area contributed by atoms with E-state index in [-0.39, 0.29) is 17.8 Å². The number of ether oxygens (including phenoxy) is 1. The number of nitrogens with zero attached hydrogens (tertiary/aromatic N) is 3. The van der Waals surface area contributed by atoms with E-state index in [0.717, 1.165) is 45.6 Å². The molecule has 1 atom stereocenters. The molecule has 0 bridgehead atoms. The SMILES string of the molecule is CCOC(=O)[C@@H]1CCCN(CC(=O)N2CCN(C)CC2)C1. The molecular formula is C15H27N3O3. The lowest BCUT2D eigenvalue weighted by Crippen LogP contribution is -2.51. The zero-order chi connectivity index (χ0) is 15.2. The van der Waals surface area contributed by atoms with Crippen molar-refractivity contribution in [3.63, 3.8) is 0 Å². The van der Waals surface area contributed by atoms with Crippen LogP contribution >= 0.6 is 0 Å². The van der Waals surface area contributed by atoms with E-state index in [0.29, 0.717) is 19.7 Å². The smallest absolute Gasteiger partial charge is 0.310 e. The summed E-state index contributed by atoms with van der Waals surface area (Å²) in [5.74, 6) is 0.000782. The highest BCUT2D eigenvalue weighted by Crippen LogP contribution is 2.18. The molecule has 120 valence electrons. The molecule has 2 aliphatic rings. The molecule has 2 fully saturated rings. The lowest BCUT2D eigenvalue weighted by Gasteiger charge is -2.36. The van der Waals surface area contributed by atoms with Crippen LogP contribution in [0, 0.1) is 5.92 Å². The van der Waals surface area contributed by atoms with E-state index in [2.05, 4.69) is 16.8 Å². The summed E-state index contributed by atoms with van der Waals surface area (Å²) in [6.45, 7) is 7.74. The van der Waals surface area contributed by atoms with Gasteiger partial charge >= 0.3 is 5.97 Å². The minimum Gasteiger partial charge on any atom is -0.466 e. The first kappa shape index (κ1) is 16.2. The van der Waals surface area contributed by atoms with Crippen LogP contribution in [0.4, 0.5) is 0 Å². The van der Waals surface area contributed by atoms with Crippen molar-refractivity contribution in [3.05, 3.63) is 0 Å². The summed E-state index contributed by atoms with van der Waals surface area (Å²) in [5.41, 5.74) is 0. The third kappa shape index (κ3) is 4.68. The minimum atomic E-state index is -0.116. The van der Waals surface area contributed by atoms with Crippen molar-refractivity contribution in [1.29, 1.82) is 0 Å². The average Bonchev–Trinajstić information content (AvgIpc) is 2.48. The van der Waals surface area contributed by atoms with Crippen molar-refractivity contribution in [2.24, 2.45) is 5.92 Å². The Kier molecular flexibility index (Phi) is 5.99. The molecule has 0 spiro atoms. The normalized spacial score (nSPS) is 24.9. The second-order valence-corrected chi connectivity index (χ2v) is 6.01. The zero-order valence-corrected chi connectivity index (χ0v) is 13.2. The summed E-state index contributed by atoms with van der Waals surface area (Å²) >= 11 is 0. The summed E-state index contributed by atoms with van der Waals surface area (Å²) in [5, 5.41) is 0. The highest BCUT2D eigenvalue weighted by Gasteiger charge is 2.29. The summed E-state index contributed by atoms with van der Waals surface area (Å²) in [4.78, 5) is 30.4. The first-order valence-corrected chi connectivity index (χ1v) is 7.95. The van der Waals surface area contributed by atoms with Crippen molar-refractivity contribution < 1.29 is 14.3 Å². The first-order valence-electron chi connectivity index (χ1n) is 7.95. The van der Waals surface area contributed by atoms with Crippen LogP contribution < -0.4 is 0 Å². The molecule has 21 heavy (non-hydrogen) atoms. The molecule has 1 amide bonds. The van der Waals surface area contributed by atoms with Gasteiger partial charge in [-0.1, -0.05) is 0 Å². The maximum Gasteiger partial charge on any atom is 0.310 e. The van der Waals surface area contributed by atoms with Crippen molar-refractivity contribution >= 4 is 11.9 Å². The van der Waals surface area contributed by atoms with Crippen LogP contribution in [-0.4, -0.2) is 86.0 Å². The molecule has 2 saturated heterocycles. The van der Waals surface area contributed by atoms with Gasteiger partial charge in [0.2, 0.25) is 5.91 Å². The number of amides is 1. The number of likely N-dealkylation sites (N-methyl/N-ethyl adjacent to an activating group) is 1. The van der Waals surface area contributed by atoms with E-state index in [1.807, 2.05) is 11.8 Å². The predicted molar refractivity (Wildman–Crippen MR) is 79.9 cm³/mol. The zero-order valence-electron chi connectivity index (χ0n) is 13.2. The molecule has 6 nitrogen and oxygen atoms in total. The fraction of sp³-hybridized carbons (Fsp3) is 0.867. The van der Waals surface area contributed by atoms with E-state index < -0.39 is 0 Å². The molecule has 2 heterocycles. The fourth-order valence-corrected chi connectivity index (χ4v) is 3.00. The summed E-state index contributed by atoms with van der Waals surface area (Å²) in [6, 6.07) is 0. The van der Waals surface area contributed by atoms with E-state index >= 15 is 0 Å².